The van der Waals surface area contributed by atoms with Crippen LogP contribution in [-0.4, -0.2) is 8.07 Å². The Labute approximate surface area is 41.6 Å². The number of hydrogen-bond donors (Lipinski definition) is 0. The zero-order valence-electron chi connectivity index (χ0n) is 4.78. The predicted octanol–water partition coefficient (Wildman–Crippen LogP) is 2.04. The Bertz CT molecular complexity index is 33.7. The maximum atomic E-state index is 5.37. The van der Waals surface area contributed by atoms with Crippen LogP contribution in [0.4, 0.5) is 0 Å². The van der Waals surface area contributed by atoms with E-state index in [1.54, 1.807) is 0 Å². The van der Waals surface area contributed by atoms with Gasteiger partial charge in [0, 0.05) is 8.07 Å². The van der Waals surface area contributed by atoms with Gasteiger partial charge in [-0.15, -0.1) is 0 Å². The Morgan fingerprint density at radius 2 is 1.50 bits per heavy atom. The lowest BCUT2D eigenvalue weighted by Gasteiger charge is -2.09. The average Bonchev–Trinajstić information content (AvgIpc) is 1.35. The molecule has 0 aromatic carbocycles. The highest BCUT2D eigenvalue weighted by molar-refractivity contribution is 6.76. The van der Waals surface area contributed by atoms with E-state index in [2.05, 4.69) is 19.6 Å². The van der Waals surface area contributed by atoms with Crippen molar-refractivity contribution in [3.63, 3.8) is 0 Å². The van der Waals surface area contributed by atoms with Crippen molar-refractivity contribution in [2.75, 3.05) is 0 Å². The Morgan fingerprint density at radius 1 is 1.33 bits per heavy atom. The van der Waals surface area contributed by atoms with Crippen LogP contribution < -0.4 is 0 Å². The molecule has 0 amide bonds. The minimum Gasteiger partial charge on any atom is -0.0695 e. The molecule has 36 valence electrons. The van der Waals surface area contributed by atoms with E-state index < -0.39 is 8.07 Å². The van der Waals surface area contributed by atoms with E-state index in [0.717, 1.165) is 6.04 Å². The molecule has 0 unspecified atom stereocenters. The van der Waals surface area contributed by atoms with Gasteiger partial charge in [0.25, 0.3) is 0 Å². The molecule has 2 radical (unpaired) electrons. The summed E-state index contributed by atoms with van der Waals surface area (Å²) in [6.45, 7) is 12.1. The summed E-state index contributed by atoms with van der Waals surface area (Å²) in [5.74, 6) is 0. The highest BCUT2D eigenvalue weighted by atomic mass is 28.3. The normalized spacial score (nSPS) is 12.0. The Hall–Kier alpha value is 0.217. The fourth-order valence-electron chi connectivity index (χ4n) is 0. The van der Waals surface area contributed by atoms with E-state index >= 15 is 0 Å². The maximum Gasteiger partial charge on any atom is 0.0445 e. The van der Waals surface area contributed by atoms with E-state index in [4.69, 9.17) is 6.92 Å². The third-order valence-corrected chi connectivity index (χ3v) is 1.84. The second-order valence-corrected chi connectivity index (χ2v) is 8.29. The molecule has 0 aromatic rings. The van der Waals surface area contributed by atoms with Crippen LogP contribution in [0.3, 0.4) is 0 Å². The van der Waals surface area contributed by atoms with Gasteiger partial charge >= 0.3 is 0 Å². The molecule has 0 atom stereocenters. The second-order valence-electron chi connectivity index (χ2n) is 2.76. The van der Waals surface area contributed by atoms with Crippen LogP contribution >= 0.6 is 0 Å². The van der Waals surface area contributed by atoms with Crippen molar-refractivity contribution in [1.82, 2.24) is 0 Å². The maximum absolute atomic E-state index is 5.37. The molecule has 6 heavy (non-hydrogen) atoms. The van der Waals surface area contributed by atoms with E-state index in [1.807, 2.05) is 0 Å². The molecule has 0 aliphatic carbocycles. The predicted molar refractivity (Wildman–Crippen MR) is 32.5 cm³/mol. The minimum atomic E-state index is -0.853. The first-order valence-electron chi connectivity index (χ1n) is 2.26. The molecule has 0 fully saturated rings. The molecule has 0 rings (SSSR count). The molecule has 0 spiro atoms. The molecular weight excluding hydrogens is 88.1 g/mol. The molecule has 0 heterocycles. The van der Waals surface area contributed by atoms with Crippen LogP contribution in [0.2, 0.25) is 25.7 Å². The molecule has 1 heteroatoms. The van der Waals surface area contributed by atoms with Gasteiger partial charge in [-0.1, -0.05) is 25.7 Å². The first-order chi connectivity index (χ1) is 2.56. The quantitative estimate of drug-likeness (QED) is 0.442. The van der Waals surface area contributed by atoms with Crippen LogP contribution in [0.25, 0.3) is 0 Å². The third kappa shape index (κ3) is 4.22. The summed E-state index contributed by atoms with van der Waals surface area (Å²) in [6, 6.07) is 0.910. The molecule has 0 nitrogen and oxygen atoms in total. The fourth-order valence-corrected chi connectivity index (χ4v) is 0. The molecule has 0 saturated carbocycles. The van der Waals surface area contributed by atoms with E-state index in [1.165, 1.54) is 0 Å². The van der Waals surface area contributed by atoms with Gasteiger partial charge in [-0.2, -0.15) is 0 Å². The first kappa shape index (κ1) is 6.22. The molecule has 0 aliphatic heterocycles. The van der Waals surface area contributed by atoms with E-state index in [9.17, 15) is 0 Å². The fraction of sp³-hybridized carbons (Fsp3) is 0.800. The highest BCUT2D eigenvalue weighted by Crippen LogP contribution is 2.04. The van der Waals surface area contributed by atoms with Gasteiger partial charge in [0.2, 0.25) is 0 Å². The largest absolute Gasteiger partial charge is 0.0695 e. The zero-order valence-corrected chi connectivity index (χ0v) is 5.78. The van der Waals surface area contributed by atoms with Gasteiger partial charge in [-0.3, -0.25) is 0 Å². The van der Waals surface area contributed by atoms with Gasteiger partial charge in [-0.25, -0.2) is 0 Å². The van der Waals surface area contributed by atoms with Gasteiger partial charge in [0.05, 0.1) is 0 Å². The van der Waals surface area contributed by atoms with Gasteiger partial charge in [-0.05, 0) is 6.92 Å². The van der Waals surface area contributed by atoms with Crippen molar-refractivity contribution in [2.24, 2.45) is 0 Å². The summed E-state index contributed by atoms with van der Waals surface area (Å²) in [4.78, 5) is 0. The van der Waals surface area contributed by atoms with Crippen molar-refractivity contribution < 1.29 is 0 Å². The lowest BCUT2D eigenvalue weighted by atomic mass is 11.0. The summed E-state index contributed by atoms with van der Waals surface area (Å²) in [7, 11) is -0.853. The van der Waals surface area contributed by atoms with Crippen LogP contribution in [0.1, 0.15) is 0 Å². The number of hydrogen-bond acceptors (Lipinski definition) is 0. The van der Waals surface area contributed by atoms with Crippen molar-refractivity contribution in [2.45, 2.75) is 25.7 Å². The molecule has 0 aliphatic rings. The monoisotopic (exact) mass is 100 g/mol. The summed E-state index contributed by atoms with van der Waals surface area (Å²) < 4.78 is 0. The van der Waals surface area contributed by atoms with Gasteiger partial charge < -0.3 is 0 Å². The molecular formula is C5H12Si. The molecule has 0 N–H and O–H groups in total. The molecule has 0 bridgehead atoms. The SMILES string of the molecule is [CH]C[Si](C)(C)C. The topological polar surface area (TPSA) is 0 Å². The molecule has 0 aromatic heterocycles. The lowest BCUT2D eigenvalue weighted by Crippen LogP contribution is -2.16. The van der Waals surface area contributed by atoms with Crippen molar-refractivity contribution >= 4 is 8.07 Å². The zero-order chi connectivity index (χ0) is 5.21. The standard InChI is InChI=1S/C5H12Si/c1-5-6(2,3)4/h1H,5H2,2-4H3. The minimum absolute atomic E-state index is 0.853. The first-order valence-corrected chi connectivity index (χ1v) is 5.97. The van der Waals surface area contributed by atoms with Crippen LogP contribution in [0.5, 0.6) is 0 Å². The van der Waals surface area contributed by atoms with Gasteiger partial charge in [0.1, 0.15) is 0 Å². The smallest absolute Gasteiger partial charge is 0.0445 e. The summed E-state index contributed by atoms with van der Waals surface area (Å²) in [5.41, 5.74) is 0. The van der Waals surface area contributed by atoms with Crippen LogP contribution in [0, 0.1) is 6.92 Å². The third-order valence-electron chi connectivity index (χ3n) is 0.612. The summed E-state index contributed by atoms with van der Waals surface area (Å²) >= 11 is 0. The molecule has 0 saturated heterocycles. The van der Waals surface area contributed by atoms with Crippen LogP contribution in [0.15, 0.2) is 0 Å². The van der Waals surface area contributed by atoms with Crippen molar-refractivity contribution in [1.29, 1.82) is 0 Å². The van der Waals surface area contributed by atoms with E-state index in [0.29, 0.717) is 0 Å². The van der Waals surface area contributed by atoms with Crippen molar-refractivity contribution in [3.8, 4) is 0 Å². The Balaban J connectivity index is 3.17. The summed E-state index contributed by atoms with van der Waals surface area (Å²) in [5, 5.41) is 0. The Morgan fingerprint density at radius 3 is 1.50 bits per heavy atom. The second kappa shape index (κ2) is 1.78. The number of rotatable bonds is 1. The lowest BCUT2D eigenvalue weighted by molar-refractivity contribution is 1.52. The van der Waals surface area contributed by atoms with Gasteiger partial charge in [0.15, 0.2) is 0 Å². The highest BCUT2D eigenvalue weighted by Gasteiger charge is 2.06. The average molecular weight is 100 g/mol. The Kier molecular flexibility index (Phi) is 1.85. The van der Waals surface area contributed by atoms with Crippen LogP contribution in [-0.2, 0) is 0 Å². The summed E-state index contributed by atoms with van der Waals surface area (Å²) in [6.07, 6.45) is 0. The van der Waals surface area contributed by atoms with Crippen molar-refractivity contribution in [3.05, 3.63) is 6.92 Å². The van der Waals surface area contributed by atoms with E-state index in [-0.39, 0.29) is 0 Å².